The number of rotatable bonds is 9. The number of ether oxygens (including phenoxy) is 2. The molecular weight excluding hydrogens is 472 g/mol. The van der Waals surface area contributed by atoms with E-state index >= 15 is 0 Å². The van der Waals surface area contributed by atoms with Gasteiger partial charge in [0.05, 0.1) is 23.5 Å². The highest BCUT2D eigenvalue weighted by atomic mass is 32.2. The number of carbonyl (C=O) groups is 1. The number of anilines is 1. The Hall–Kier alpha value is -3.50. The number of hydrogen-bond acceptors (Lipinski definition) is 7. The predicted molar refractivity (Wildman–Crippen MR) is 130 cm³/mol. The number of sulfonamides is 1. The number of carboxylic acids is 1. The van der Waals surface area contributed by atoms with Gasteiger partial charge in [0.15, 0.2) is 6.61 Å². The molecule has 0 amide bonds. The van der Waals surface area contributed by atoms with Crippen LogP contribution in [-0.4, -0.2) is 62.7 Å². The lowest BCUT2D eigenvalue weighted by Crippen LogP contribution is -2.48. The van der Waals surface area contributed by atoms with E-state index in [0.717, 1.165) is 16.8 Å². The van der Waals surface area contributed by atoms with Crippen LogP contribution in [-0.2, 0) is 14.8 Å². The van der Waals surface area contributed by atoms with E-state index in [-0.39, 0.29) is 11.0 Å². The van der Waals surface area contributed by atoms with E-state index in [4.69, 9.17) is 19.0 Å². The standard InChI is InChI=1S/C25H28N2O7S/c1-18(2)34-21-4-6-22(7-5-21)35(30,31)27-12-10-26(11-13-27)20-3-8-23(19-9-14-32-16-19)24(15-20)33-17-25(28)29/h3-9,14-16,18H,10-13,17H2,1-2H3,(H,28,29). The van der Waals surface area contributed by atoms with Crippen molar-refractivity contribution in [1.29, 1.82) is 0 Å². The first-order chi connectivity index (χ1) is 16.7. The van der Waals surface area contributed by atoms with Crippen LogP contribution in [0.3, 0.4) is 0 Å². The summed E-state index contributed by atoms with van der Waals surface area (Å²) in [5, 5.41) is 9.04. The third-order valence-corrected chi connectivity index (χ3v) is 7.50. The molecule has 1 aliphatic rings. The molecule has 9 nitrogen and oxygen atoms in total. The highest BCUT2D eigenvalue weighted by Crippen LogP contribution is 2.35. The van der Waals surface area contributed by atoms with E-state index in [1.807, 2.05) is 26.0 Å². The van der Waals surface area contributed by atoms with Gasteiger partial charge in [0.1, 0.15) is 11.5 Å². The van der Waals surface area contributed by atoms with Crippen molar-refractivity contribution in [2.24, 2.45) is 0 Å². The molecule has 1 aromatic heterocycles. The molecule has 3 aromatic rings. The minimum atomic E-state index is -3.62. The van der Waals surface area contributed by atoms with Crippen molar-refractivity contribution in [2.45, 2.75) is 24.8 Å². The fraction of sp³-hybridized carbons (Fsp3) is 0.320. The smallest absolute Gasteiger partial charge is 0.341 e. The monoisotopic (exact) mass is 500 g/mol. The second kappa shape index (κ2) is 10.4. The SMILES string of the molecule is CC(C)Oc1ccc(S(=O)(=O)N2CCN(c3ccc(-c4ccoc4)c(OCC(=O)O)c3)CC2)cc1. The molecule has 1 saturated heterocycles. The molecule has 2 heterocycles. The molecule has 35 heavy (non-hydrogen) atoms. The number of furan rings is 1. The summed E-state index contributed by atoms with van der Waals surface area (Å²) in [6.45, 7) is 4.96. The molecule has 0 aliphatic carbocycles. The van der Waals surface area contributed by atoms with Crippen LogP contribution >= 0.6 is 0 Å². The fourth-order valence-corrected chi connectivity index (χ4v) is 5.34. The zero-order chi connectivity index (χ0) is 25.0. The highest BCUT2D eigenvalue weighted by molar-refractivity contribution is 7.89. The molecule has 2 aromatic carbocycles. The average Bonchev–Trinajstić information content (AvgIpc) is 3.37. The Balaban J connectivity index is 1.47. The molecule has 0 spiro atoms. The Kier molecular flexibility index (Phi) is 7.32. The first-order valence-corrected chi connectivity index (χ1v) is 12.7. The highest BCUT2D eigenvalue weighted by Gasteiger charge is 2.29. The van der Waals surface area contributed by atoms with Gasteiger partial charge in [-0.05, 0) is 56.3 Å². The number of nitrogens with zero attached hydrogens (tertiary/aromatic N) is 2. The van der Waals surface area contributed by atoms with Gasteiger partial charge in [0.25, 0.3) is 0 Å². The van der Waals surface area contributed by atoms with Gasteiger partial charge >= 0.3 is 5.97 Å². The van der Waals surface area contributed by atoms with Crippen molar-refractivity contribution in [2.75, 3.05) is 37.7 Å². The van der Waals surface area contributed by atoms with Crippen molar-refractivity contribution in [3.05, 3.63) is 61.1 Å². The Morgan fingerprint density at radius 2 is 1.77 bits per heavy atom. The number of benzene rings is 2. The van der Waals surface area contributed by atoms with E-state index < -0.39 is 22.6 Å². The van der Waals surface area contributed by atoms with Crippen LogP contribution in [0.5, 0.6) is 11.5 Å². The lowest BCUT2D eigenvalue weighted by atomic mass is 10.1. The minimum absolute atomic E-state index is 0.00864. The maximum absolute atomic E-state index is 13.1. The van der Waals surface area contributed by atoms with Gasteiger partial charge in [-0.1, -0.05) is 0 Å². The van der Waals surface area contributed by atoms with E-state index in [9.17, 15) is 13.2 Å². The largest absolute Gasteiger partial charge is 0.491 e. The van der Waals surface area contributed by atoms with Crippen molar-refractivity contribution in [3.8, 4) is 22.6 Å². The summed E-state index contributed by atoms with van der Waals surface area (Å²) >= 11 is 0. The topological polar surface area (TPSA) is 110 Å². The van der Waals surface area contributed by atoms with E-state index in [1.54, 1.807) is 42.7 Å². The van der Waals surface area contributed by atoms with Crippen LogP contribution in [0, 0.1) is 0 Å². The summed E-state index contributed by atoms with van der Waals surface area (Å²) in [6.07, 6.45) is 3.11. The van der Waals surface area contributed by atoms with Gasteiger partial charge in [-0.25, -0.2) is 13.2 Å². The maximum atomic E-state index is 13.1. The third-order valence-electron chi connectivity index (χ3n) is 5.59. The van der Waals surface area contributed by atoms with E-state index in [1.165, 1.54) is 10.6 Å². The van der Waals surface area contributed by atoms with Crippen molar-refractivity contribution < 1.29 is 32.2 Å². The summed E-state index contributed by atoms with van der Waals surface area (Å²) in [7, 11) is -3.62. The quantitative estimate of drug-likeness (QED) is 0.474. The van der Waals surface area contributed by atoms with Crippen molar-refractivity contribution in [3.63, 3.8) is 0 Å². The van der Waals surface area contributed by atoms with E-state index in [0.29, 0.717) is 37.7 Å². The summed E-state index contributed by atoms with van der Waals surface area (Å²) in [6, 6.07) is 13.8. The number of carboxylic acid groups (broad SMARTS) is 1. The normalized spacial score (nSPS) is 14.8. The Bertz CT molecular complexity index is 1250. The Labute approximate surface area is 204 Å². The molecule has 1 aliphatic heterocycles. The first-order valence-electron chi connectivity index (χ1n) is 11.3. The van der Waals surface area contributed by atoms with Crippen LogP contribution < -0.4 is 14.4 Å². The number of piperazine rings is 1. The molecule has 1 N–H and O–H groups in total. The van der Waals surface area contributed by atoms with Gasteiger partial charge in [-0.2, -0.15) is 4.31 Å². The first kappa shape index (κ1) is 24.6. The van der Waals surface area contributed by atoms with E-state index in [2.05, 4.69) is 4.90 Å². The average molecular weight is 501 g/mol. The molecule has 0 atom stereocenters. The lowest BCUT2D eigenvalue weighted by Gasteiger charge is -2.35. The van der Waals surface area contributed by atoms with Gasteiger partial charge in [-0.3, -0.25) is 0 Å². The second-order valence-electron chi connectivity index (χ2n) is 8.40. The van der Waals surface area contributed by atoms with Gasteiger partial charge in [0, 0.05) is 49.1 Å². The summed E-state index contributed by atoms with van der Waals surface area (Å²) in [4.78, 5) is 13.3. The zero-order valence-electron chi connectivity index (χ0n) is 19.6. The summed E-state index contributed by atoms with van der Waals surface area (Å²) in [5.74, 6) is -0.0233. The van der Waals surface area contributed by atoms with Crippen molar-refractivity contribution in [1.82, 2.24) is 4.31 Å². The van der Waals surface area contributed by atoms with Crippen molar-refractivity contribution >= 4 is 21.7 Å². The summed E-state index contributed by atoms with van der Waals surface area (Å²) in [5.41, 5.74) is 2.32. The number of aliphatic carboxylic acids is 1. The Morgan fingerprint density at radius 3 is 2.37 bits per heavy atom. The predicted octanol–water partition coefficient (Wildman–Crippen LogP) is 3.71. The summed E-state index contributed by atoms with van der Waals surface area (Å²) < 4.78 is 44.0. The second-order valence-corrected chi connectivity index (χ2v) is 10.3. The van der Waals surface area contributed by atoms with Gasteiger partial charge in [0.2, 0.25) is 10.0 Å². The minimum Gasteiger partial charge on any atom is -0.491 e. The van der Waals surface area contributed by atoms with Crippen LogP contribution in [0.1, 0.15) is 13.8 Å². The zero-order valence-corrected chi connectivity index (χ0v) is 20.4. The van der Waals surface area contributed by atoms with Crippen LogP contribution in [0.4, 0.5) is 5.69 Å². The molecule has 4 rings (SSSR count). The molecule has 0 saturated carbocycles. The Morgan fingerprint density at radius 1 is 1.06 bits per heavy atom. The lowest BCUT2D eigenvalue weighted by molar-refractivity contribution is -0.139. The third kappa shape index (κ3) is 5.77. The molecule has 0 radical (unpaired) electrons. The molecule has 0 bridgehead atoms. The van der Waals surface area contributed by atoms with Gasteiger partial charge in [-0.15, -0.1) is 0 Å². The van der Waals surface area contributed by atoms with Crippen LogP contribution in [0.2, 0.25) is 0 Å². The molecule has 10 heteroatoms. The van der Waals surface area contributed by atoms with Gasteiger partial charge < -0.3 is 23.9 Å². The van der Waals surface area contributed by atoms with Crippen LogP contribution in [0.25, 0.3) is 11.1 Å². The molecule has 1 fully saturated rings. The molecule has 186 valence electrons. The molecule has 0 unspecified atom stereocenters. The fourth-order valence-electron chi connectivity index (χ4n) is 3.92. The number of hydrogen-bond donors (Lipinski definition) is 1. The van der Waals surface area contributed by atoms with Crippen LogP contribution in [0.15, 0.2) is 70.4 Å². The maximum Gasteiger partial charge on any atom is 0.341 e. The molecular formula is C25H28N2O7S.